The normalized spacial score (nSPS) is 27.9. The number of urea groups is 1. The van der Waals surface area contributed by atoms with Crippen LogP contribution >= 0.6 is 0 Å². The Balaban J connectivity index is 1.70. The van der Waals surface area contributed by atoms with Crippen molar-refractivity contribution in [3.8, 4) is 0 Å². The second-order valence-corrected chi connectivity index (χ2v) is 5.79. The molecule has 2 fully saturated rings. The number of nitrogens with zero attached hydrogens (tertiary/aromatic N) is 1. The predicted octanol–water partition coefficient (Wildman–Crippen LogP) is -0.109. The Morgan fingerprint density at radius 3 is 2.68 bits per heavy atom. The van der Waals surface area contributed by atoms with Crippen LogP contribution in [0.4, 0.5) is 4.79 Å². The van der Waals surface area contributed by atoms with Crippen LogP contribution in [0.15, 0.2) is 0 Å². The van der Waals surface area contributed by atoms with Crippen LogP contribution < -0.4 is 16.4 Å². The second kappa shape index (κ2) is 6.34. The minimum absolute atomic E-state index is 0.233. The van der Waals surface area contributed by atoms with E-state index in [1.54, 1.807) is 0 Å². The third kappa shape index (κ3) is 4.47. The Morgan fingerprint density at radius 1 is 1.32 bits per heavy atom. The highest BCUT2D eigenvalue weighted by Crippen LogP contribution is 2.21. The van der Waals surface area contributed by atoms with E-state index in [0.717, 1.165) is 32.4 Å². The summed E-state index contributed by atoms with van der Waals surface area (Å²) in [6.07, 6.45) is 3.09. The first-order valence-electron chi connectivity index (χ1n) is 7.11. The zero-order valence-electron chi connectivity index (χ0n) is 11.5. The Hall–Kier alpha value is -1.14. The van der Waals surface area contributed by atoms with Gasteiger partial charge in [0.25, 0.3) is 0 Å². The molecule has 3 amide bonds. The summed E-state index contributed by atoms with van der Waals surface area (Å²) in [5.74, 6) is 0.827. The van der Waals surface area contributed by atoms with Gasteiger partial charge in [0.1, 0.15) is 0 Å². The topological polar surface area (TPSA) is 87.5 Å². The van der Waals surface area contributed by atoms with Gasteiger partial charge in [-0.1, -0.05) is 6.92 Å². The minimum Gasteiger partial charge on any atom is -0.335 e. The third-order valence-corrected chi connectivity index (χ3v) is 4.03. The molecule has 1 heterocycles. The molecule has 6 nitrogen and oxygen atoms in total. The van der Waals surface area contributed by atoms with Crippen LogP contribution in [-0.4, -0.2) is 49.1 Å². The summed E-state index contributed by atoms with van der Waals surface area (Å²) in [6.45, 7) is 4.88. The lowest BCUT2D eigenvalue weighted by atomic mass is 9.87. The van der Waals surface area contributed by atoms with Crippen molar-refractivity contribution in [1.82, 2.24) is 15.5 Å². The van der Waals surface area contributed by atoms with E-state index >= 15 is 0 Å². The summed E-state index contributed by atoms with van der Waals surface area (Å²) in [5, 5.41) is 5.12. The van der Waals surface area contributed by atoms with Crippen LogP contribution in [0.5, 0.6) is 0 Å². The van der Waals surface area contributed by atoms with Gasteiger partial charge in [-0.05, 0) is 44.2 Å². The average Bonchev–Trinajstić information content (AvgIpc) is 3.15. The summed E-state index contributed by atoms with van der Waals surface area (Å²) >= 11 is 0. The molecule has 2 rings (SSSR count). The lowest BCUT2D eigenvalue weighted by Gasteiger charge is -2.36. The van der Waals surface area contributed by atoms with Gasteiger partial charge >= 0.3 is 6.03 Å². The second-order valence-electron chi connectivity index (χ2n) is 5.79. The number of carbonyl (C=O) groups excluding carboxylic acids is 2. The molecule has 6 heteroatoms. The molecule has 0 aromatic carbocycles. The van der Waals surface area contributed by atoms with Crippen LogP contribution in [0.2, 0.25) is 0 Å². The van der Waals surface area contributed by atoms with Crippen molar-refractivity contribution < 1.29 is 9.59 Å². The zero-order valence-corrected chi connectivity index (χ0v) is 11.5. The first-order chi connectivity index (χ1) is 9.08. The highest BCUT2D eigenvalue weighted by atomic mass is 16.2. The number of likely N-dealkylation sites (tertiary alicyclic amines) is 1. The number of carbonyl (C=O) groups is 2. The van der Waals surface area contributed by atoms with Crippen molar-refractivity contribution in [2.75, 3.05) is 26.2 Å². The van der Waals surface area contributed by atoms with Crippen LogP contribution in [0.1, 0.15) is 26.2 Å². The highest BCUT2D eigenvalue weighted by molar-refractivity contribution is 5.95. The minimum atomic E-state index is -0.367. The maximum absolute atomic E-state index is 11.8. The largest absolute Gasteiger partial charge is 0.335 e. The third-order valence-electron chi connectivity index (χ3n) is 4.03. The molecule has 1 saturated heterocycles. The molecule has 1 aliphatic heterocycles. The summed E-state index contributed by atoms with van der Waals surface area (Å²) in [5.41, 5.74) is 5.74. The molecule has 19 heavy (non-hydrogen) atoms. The van der Waals surface area contributed by atoms with Crippen molar-refractivity contribution in [2.45, 2.75) is 32.2 Å². The number of nitrogens with two attached hydrogens (primary N) is 1. The molecule has 0 spiro atoms. The Morgan fingerprint density at radius 2 is 2.05 bits per heavy atom. The molecule has 2 aliphatic rings. The first-order valence-corrected chi connectivity index (χ1v) is 7.11. The van der Waals surface area contributed by atoms with Gasteiger partial charge in [-0.25, -0.2) is 4.79 Å². The van der Waals surface area contributed by atoms with Crippen LogP contribution in [0, 0.1) is 11.8 Å². The summed E-state index contributed by atoms with van der Waals surface area (Å²) in [7, 11) is 0. The average molecular weight is 268 g/mol. The molecule has 1 aliphatic carbocycles. The summed E-state index contributed by atoms with van der Waals surface area (Å²) < 4.78 is 0. The van der Waals surface area contributed by atoms with E-state index in [0.29, 0.717) is 18.4 Å². The Labute approximate surface area is 114 Å². The van der Waals surface area contributed by atoms with E-state index in [1.807, 2.05) is 0 Å². The van der Waals surface area contributed by atoms with E-state index in [4.69, 9.17) is 5.73 Å². The molecular weight excluding hydrogens is 244 g/mol. The SMILES string of the molecule is CC1CCN(CC(=O)NC(=O)NC2CC2)CC1CN. The number of imide groups is 1. The molecule has 4 N–H and O–H groups in total. The molecule has 0 radical (unpaired) electrons. The van der Waals surface area contributed by atoms with Crippen molar-refractivity contribution in [3.63, 3.8) is 0 Å². The van der Waals surface area contributed by atoms with Crippen LogP contribution in [-0.2, 0) is 4.79 Å². The lowest BCUT2D eigenvalue weighted by Crippen LogP contribution is -2.49. The van der Waals surface area contributed by atoms with Gasteiger partial charge in [0.15, 0.2) is 0 Å². The number of amides is 3. The maximum Gasteiger partial charge on any atom is 0.321 e. The highest BCUT2D eigenvalue weighted by Gasteiger charge is 2.27. The van der Waals surface area contributed by atoms with Crippen molar-refractivity contribution in [2.24, 2.45) is 17.6 Å². The smallest absolute Gasteiger partial charge is 0.321 e. The Bertz CT molecular complexity index is 344. The van der Waals surface area contributed by atoms with Gasteiger partial charge in [0.05, 0.1) is 6.54 Å². The van der Waals surface area contributed by atoms with Crippen LogP contribution in [0.25, 0.3) is 0 Å². The number of rotatable bonds is 4. The van der Waals surface area contributed by atoms with Gasteiger partial charge in [0, 0.05) is 12.6 Å². The van der Waals surface area contributed by atoms with Crippen molar-refractivity contribution in [3.05, 3.63) is 0 Å². The summed E-state index contributed by atoms with van der Waals surface area (Å²) in [6, 6.07) is -0.0986. The quantitative estimate of drug-likeness (QED) is 0.664. The fourth-order valence-electron chi connectivity index (χ4n) is 2.49. The molecule has 1 saturated carbocycles. The molecular formula is C13H24N4O2. The standard InChI is InChI=1S/C13H24N4O2/c1-9-4-5-17(7-10(9)6-14)8-12(18)16-13(19)15-11-2-3-11/h9-11H,2-8,14H2,1H3,(H2,15,16,18,19). The van der Waals surface area contributed by atoms with E-state index in [9.17, 15) is 9.59 Å². The van der Waals surface area contributed by atoms with E-state index in [-0.39, 0.29) is 24.5 Å². The summed E-state index contributed by atoms with van der Waals surface area (Å²) in [4.78, 5) is 25.3. The number of nitrogens with one attached hydrogen (secondary N) is 2. The molecule has 0 bridgehead atoms. The number of piperidine rings is 1. The van der Waals surface area contributed by atoms with Gasteiger partial charge in [-0.3, -0.25) is 15.0 Å². The van der Waals surface area contributed by atoms with Gasteiger partial charge in [0.2, 0.25) is 5.91 Å². The van der Waals surface area contributed by atoms with Crippen molar-refractivity contribution in [1.29, 1.82) is 0 Å². The van der Waals surface area contributed by atoms with Crippen LogP contribution in [0.3, 0.4) is 0 Å². The monoisotopic (exact) mass is 268 g/mol. The zero-order chi connectivity index (χ0) is 13.8. The van der Waals surface area contributed by atoms with E-state index < -0.39 is 0 Å². The Kier molecular flexibility index (Phi) is 4.76. The molecule has 108 valence electrons. The fraction of sp³-hybridized carbons (Fsp3) is 0.846. The van der Waals surface area contributed by atoms with E-state index in [1.165, 1.54) is 0 Å². The number of hydrogen-bond acceptors (Lipinski definition) is 4. The van der Waals surface area contributed by atoms with Crippen molar-refractivity contribution >= 4 is 11.9 Å². The van der Waals surface area contributed by atoms with Gasteiger partial charge in [-0.15, -0.1) is 0 Å². The molecule has 0 aromatic heterocycles. The fourth-order valence-corrected chi connectivity index (χ4v) is 2.49. The predicted molar refractivity (Wildman–Crippen MR) is 72.5 cm³/mol. The first kappa shape index (κ1) is 14.3. The van der Waals surface area contributed by atoms with Gasteiger partial charge < -0.3 is 11.1 Å². The molecule has 2 atom stereocenters. The molecule has 2 unspecified atom stereocenters. The van der Waals surface area contributed by atoms with Gasteiger partial charge in [-0.2, -0.15) is 0 Å². The maximum atomic E-state index is 11.8. The lowest BCUT2D eigenvalue weighted by molar-refractivity contribution is -0.121. The number of hydrogen-bond donors (Lipinski definition) is 3. The molecule has 0 aromatic rings. The van der Waals surface area contributed by atoms with E-state index in [2.05, 4.69) is 22.5 Å².